The Labute approximate surface area is 307 Å². The van der Waals surface area contributed by atoms with E-state index in [-0.39, 0.29) is 0 Å². The van der Waals surface area contributed by atoms with Crippen LogP contribution in [0.2, 0.25) is 0 Å². The van der Waals surface area contributed by atoms with Gasteiger partial charge in [0.1, 0.15) is 0 Å². The number of nitrogens with zero attached hydrogens (tertiary/aromatic N) is 3. The molecule has 0 bridgehead atoms. The fourth-order valence-electron chi connectivity index (χ4n) is 8.42. The molecule has 3 nitrogen and oxygen atoms in total. The monoisotopic (exact) mass is 675 g/mol. The first-order valence-corrected chi connectivity index (χ1v) is 18.2. The molecule has 0 fully saturated rings. The summed E-state index contributed by atoms with van der Waals surface area (Å²) in [6.45, 7) is 0. The quantitative estimate of drug-likeness (QED) is 0.174. The lowest BCUT2D eigenvalue weighted by Crippen LogP contribution is -2.09. The number of para-hydroxylation sites is 5. The third-order valence-electron chi connectivity index (χ3n) is 10.8. The normalized spacial score (nSPS) is 11.8. The van der Waals surface area contributed by atoms with Gasteiger partial charge in [0, 0.05) is 55.7 Å². The average molecular weight is 676 g/mol. The van der Waals surface area contributed by atoms with Gasteiger partial charge in [0.25, 0.3) is 0 Å². The Morgan fingerprint density at radius 3 is 1.02 bits per heavy atom. The van der Waals surface area contributed by atoms with Crippen molar-refractivity contribution < 1.29 is 0 Å². The molecule has 9 aromatic carbocycles. The minimum absolute atomic E-state index is 1.14. The van der Waals surface area contributed by atoms with Crippen LogP contribution in [-0.2, 0) is 0 Å². The van der Waals surface area contributed by atoms with Crippen molar-refractivity contribution in [3.05, 3.63) is 200 Å². The summed E-state index contributed by atoms with van der Waals surface area (Å²) in [5.74, 6) is 0. The van der Waals surface area contributed by atoms with E-state index in [1.165, 1.54) is 59.6 Å². The zero-order valence-corrected chi connectivity index (χ0v) is 28.9. The number of hydrogen-bond donors (Lipinski definition) is 0. The highest BCUT2D eigenvalue weighted by molar-refractivity contribution is 6.26. The molecule has 11 rings (SSSR count). The van der Waals surface area contributed by atoms with Crippen LogP contribution in [-0.4, -0.2) is 4.40 Å². The lowest BCUT2D eigenvalue weighted by Gasteiger charge is -2.25. The van der Waals surface area contributed by atoms with Gasteiger partial charge in [0.15, 0.2) is 0 Å². The van der Waals surface area contributed by atoms with Crippen molar-refractivity contribution in [3.8, 4) is 0 Å². The van der Waals surface area contributed by atoms with E-state index in [2.05, 4.69) is 214 Å². The molecule has 248 valence electrons. The first-order chi connectivity index (χ1) is 26.3. The molecule has 0 N–H and O–H groups in total. The number of benzene rings is 9. The second kappa shape index (κ2) is 11.7. The topological polar surface area (TPSA) is 10.9 Å². The van der Waals surface area contributed by atoms with Crippen LogP contribution in [0.25, 0.3) is 59.6 Å². The Morgan fingerprint density at radius 2 is 0.642 bits per heavy atom. The second-order valence-electron chi connectivity index (χ2n) is 13.9. The molecule has 0 saturated heterocycles. The van der Waals surface area contributed by atoms with Crippen LogP contribution in [0.4, 0.5) is 34.1 Å². The summed E-state index contributed by atoms with van der Waals surface area (Å²) >= 11 is 0. The summed E-state index contributed by atoms with van der Waals surface area (Å²) in [7, 11) is 0. The number of rotatable bonds is 6. The third-order valence-corrected chi connectivity index (χ3v) is 10.8. The average Bonchev–Trinajstić information content (AvgIpc) is 3.72. The van der Waals surface area contributed by atoms with Crippen molar-refractivity contribution in [2.24, 2.45) is 0 Å². The van der Waals surface area contributed by atoms with Crippen LogP contribution in [0.15, 0.2) is 200 Å². The first-order valence-electron chi connectivity index (χ1n) is 18.2. The maximum Gasteiger partial charge on any atom is 0.0620 e. The largest absolute Gasteiger partial charge is 0.310 e. The van der Waals surface area contributed by atoms with Gasteiger partial charge < -0.3 is 14.2 Å². The molecule has 0 amide bonds. The van der Waals surface area contributed by atoms with Gasteiger partial charge in [-0.3, -0.25) is 0 Å². The lowest BCUT2D eigenvalue weighted by atomic mass is 10.0. The van der Waals surface area contributed by atoms with Crippen molar-refractivity contribution in [2.75, 3.05) is 9.80 Å². The van der Waals surface area contributed by atoms with Gasteiger partial charge in [-0.25, -0.2) is 0 Å². The fourth-order valence-corrected chi connectivity index (χ4v) is 8.42. The van der Waals surface area contributed by atoms with E-state index >= 15 is 0 Å². The first kappa shape index (κ1) is 29.6. The van der Waals surface area contributed by atoms with Crippen molar-refractivity contribution in [1.29, 1.82) is 0 Å². The Morgan fingerprint density at radius 1 is 0.264 bits per heavy atom. The molecule has 2 heterocycles. The van der Waals surface area contributed by atoms with Crippen LogP contribution in [0.1, 0.15) is 0 Å². The summed E-state index contributed by atoms with van der Waals surface area (Å²) in [6.07, 6.45) is 0. The van der Waals surface area contributed by atoms with Gasteiger partial charge in [-0.05, 0) is 119 Å². The molecule has 0 aliphatic rings. The van der Waals surface area contributed by atoms with Gasteiger partial charge in [0.2, 0.25) is 0 Å². The molecule has 3 heteroatoms. The Balaban J connectivity index is 1.09. The van der Waals surface area contributed by atoms with E-state index < -0.39 is 0 Å². The Kier molecular flexibility index (Phi) is 6.55. The summed E-state index contributed by atoms with van der Waals surface area (Å²) in [4.78, 5) is 4.67. The molecular weight excluding hydrogens is 643 g/mol. The van der Waals surface area contributed by atoms with E-state index in [1.807, 2.05) is 0 Å². The van der Waals surface area contributed by atoms with Crippen LogP contribution in [0.3, 0.4) is 0 Å². The minimum Gasteiger partial charge on any atom is -0.310 e. The number of hydrogen-bond acceptors (Lipinski definition) is 2. The zero-order chi connectivity index (χ0) is 34.9. The predicted molar refractivity (Wildman–Crippen MR) is 225 cm³/mol. The van der Waals surface area contributed by atoms with E-state index in [4.69, 9.17) is 0 Å². The number of aromatic nitrogens is 1. The lowest BCUT2D eigenvalue weighted by molar-refractivity contribution is 1.29. The molecule has 0 spiro atoms. The van der Waals surface area contributed by atoms with Crippen LogP contribution < -0.4 is 9.80 Å². The molecule has 11 aromatic rings. The van der Waals surface area contributed by atoms with Crippen LogP contribution in [0.5, 0.6) is 0 Å². The van der Waals surface area contributed by atoms with Gasteiger partial charge >= 0.3 is 0 Å². The maximum atomic E-state index is 2.50. The smallest absolute Gasteiger partial charge is 0.0620 e. The molecule has 2 aromatic heterocycles. The predicted octanol–water partition coefficient (Wildman–Crippen LogP) is 14.1. The number of anilines is 6. The van der Waals surface area contributed by atoms with E-state index in [1.54, 1.807) is 0 Å². The molecule has 0 atom stereocenters. The van der Waals surface area contributed by atoms with Crippen molar-refractivity contribution in [2.45, 2.75) is 0 Å². The van der Waals surface area contributed by atoms with Gasteiger partial charge in [-0.2, -0.15) is 0 Å². The van der Waals surface area contributed by atoms with E-state index in [9.17, 15) is 0 Å². The molecule has 0 aliphatic heterocycles. The van der Waals surface area contributed by atoms with Gasteiger partial charge in [0.05, 0.1) is 16.6 Å². The summed E-state index contributed by atoms with van der Waals surface area (Å²) in [5, 5.41) is 10.0. The minimum atomic E-state index is 1.14. The van der Waals surface area contributed by atoms with Crippen LogP contribution >= 0.6 is 0 Å². The highest BCUT2D eigenvalue weighted by atomic mass is 15.1. The van der Waals surface area contributed by atoms with Crippen molar-refractivity contribution >= 4 is 93.8 Å². The third kappa shape index (κ3) is 4.68. The van der Waals surface area contributed by atoms with E-state index in [0.29, 0.717) is 0 Å². The summed E-state index contributed by atoms with van der Waals surface area (Å²) in [6, 6.07) is 72.5. The van der Waals surface area contributed by atoms with Gasteiger partial charge in [-0.1, -0.05) is 103 Å². The van der Waals surface area contributed by atoms with Crippen LogP contribution in [0, 0.1) is 0 Å². The Hall–Kier alpha value is -7.10. The van der Waals surface area contributed by atoms with Crippen molar-refractivity contribution in [1.82, 2.24) is 4.40 Å². The number of fused-ring (bicyclic) bond motifs is 8. The standard InChI is InChI=1S/C50H33N3/c1-5-14-38(15-6-1)51(39-16-7-2-8-17-39)42-26-24-34-32-48-46(30-36(34)28-42)44-22-13-23-45-47-31-37-29-43(27-25-35(37)33-49(47)53(48)50(44)45)52(40-18-9-3-10-19-40)41-20-11-4-12-21-41/h1-33H. The fraction of sp³-hybridized carbons (Fsp3) is 0. The van der Waals surface area contributed by atoms with Crippen molar-refractivity contribution in [3.63, 3.8) is 0 Å². The molecule has 53 heavy (non-hydrogen) atoms. The molecule has 0 aliphatic carbocycles. The Bertz CT molecular complexity index is 2810. The molecule has 0 radical (unpaired) electrons. The van der Waals surface area contributed by atoms with Gasteiger partial charge in [-0.15, -0.1) is 0 Å². The highest BCUT2D eigenvalue weighted by Gasteiger charge is 2.20. The maximum absolute atomic E-state index is 2.50. The SMILES string of the molecule is c1ccc(N(c2ccccc2)c2ccc3cc4c(cc3c2)c2cccc3c5cc6cc(N(c7ccccc7)c7ccccc7)ccc6cc5n4c23)cc1. The highest BCUT2D eigenvalue weighted by Crippen LogP contribution is 2.44. The molecule has 0 saturated carbocycles. The summed E-state index contributed by atoms with van der Waals surface area (Å²) in [5.41, 5.74) is 10.6. The summed E-state index contributed by atoms with van der Waals surface area (Å²) < 4.78 is 2.50. The van der Waals surface area contributed by atoms with E-state index in [0.717, 1.165) is 34.1 Å². The molecule has 0 unspecified atom stereocenters. The second-order valence-corrected chi connectivity index (χ2v) is 13.9. The molecular formula is C50H33N3. The zero-order valence-electron chi connectivity index (χ0n) is 28.9.